The molecule has 3 aromatic rings. The Morgan fingerprint density at radius 3 is 2.49 bits per heavy atom. The summed E-state index contributed by atoms with van der Waals surface area (Å²) >= 11 is 0. The highest BCUT2D eigenvalue weighted by atomic mass is 19.4. The minimum Gasteiger partial charge on any atom is -0.424 e. The molecule has 1 aromatic carbocycles. The summed E-state index contributed by atoms with van der Waals surface area (Å²) in [6, 6.07) is 9.02. The van der Waals surface area contributed by atoms with E-state index < -0.39 is 17.7 Å². The van der Waals surface area contributed by atoms with Crippen molar-refractivity contribution >= 4 is 5.69 Å². The number of aromatic nitrogens is 4. The van der Waals surface area contributed by atoms with Gasteiger partial charge in [0.05, 0.1) is 6.04 Å². The standard InChI is InChI=1S/C25H27F4N5O/c1-15(2)34-24(35-20-5-3-4-18(26)10-20)31-23(32-34)12-21-16-6-7-17(21)14-33(13-16)19-8-9-30-22(11-19)25(27,28)29/h3-5,8-11,15-17,21H,6-7,12-14H2,1-2H3/t16-,17+,21?. The van der Waals surface area contributed by atoms with Crippen molar-refractivity contribution in [3.8, 4) is 11.8 Å². The Morgan fingerprint density at radius 2 is 1.83 bits per heavy atom. The first-order valence-electron chi connectivity index (χ1n) is 11.8. The SMILES string of the molecule is CC(C)n1nc(CC2[C@@H]3CC[C@H]2CN(c2ccnc(C(F)(F)F)c2)C3)nc1Oc1cccc(F)c1. The van der Waals surface area contributed by atoms with Gasteiger partial charge in [-0.1, -0.05) is 6.07 Å². The molecule has 1 aliphatic carbocycles. The number of benzene rings is 1. The van der Waals surface area contributed by atoms with Crippen molar-refractivity contribution in [1.29, 1.82) is 0 Å². The van der Waals surface area contributed by atoms with Gasteiger partial charge in [-0.25, -0.2) is 9.07 Å². The molecule has 1 saturated heterocycles. The van der Waals surface area contributed by atoms with Gasteiger partial charge in [-0.15, -0.1) is 0 Å². The fraction of sp³-hybridized carbons (Fsp3) is 0.480. The predicted molar refractivity (Wildman–Crippen MR) is 122 cm³/mol. The van der Waals surface area contributed by atoms with Crippen LogP contribution in [0.25, 0.3) is 0 Å². The van der Waals surface area contributed by atoms with E-state index in [0.29, 0.717) is 60.5 Å². The molecule has 1 unspecified atom stereocenters. The molecule has 2 fully saturated rings. The molecule has 1 aliphatic heterocycles. The smallest absolute Gasteiger partial charge is 0.424 e. The number of pyridine rings is 1. The number of piperidine rings is 1. The summed E-state index contributed by atoms with van der Waals surface area (Å²) in [6.45, 7) is 5.34. The minimum absolute atomic E-state index is 0.00731. The topological polar surface area (TPSA) is 56.1 Å². The lowest BCUT2D eigenvalue weighted by Gasteiger charge is -2.39. The Kier molecular flexibility index (Phi) is 6.14. The lowest BCUT2D eigenvalue weighted by Crippen LogP contribution is -2.43. The molecule has 3 atom stereocenters. The summed E-state index contributed by atoms with van der Waals surface area (Å²) in [6.07, 6.45) is -0.498. The van der Waals surface area contributed by atoms with Gasteiger partial charge in [0.2, 0.25) is 0 Å². The Labute approximate surface area is 200 Å². The van der Waals surface area contributed by atoms with Gasteiger partial charge >= 0.3 is 12.2 Å². The van der Waals surface area contributed by atoms with E-state index in [9.17, 15) is 17.6 Å². The second kappa shape index (κ2) is 9.13. The van der Waals surface area contributed by atoms with Crippen molar-refractivity contribution in [2.24, 2.45) is 17.8 Å². The van der Waals surface area contributed by atoms with Gasteiger partial charge in [-0.2, -0.15) is 23.3 Å². The number of rotatable bonds is 6. The van der Waals surface area contributed by atoms with Crippen molar-refractivity contribution < 1.29 is 22.3 Å². The quantitative estimate of drug-likeness (QED) is 0.403. The van der Waals surface area contributed by atoms with E-state index in [2.05, 4.69) is 15.1 Å². The molecule has 5 rings (SSSR count). The summed E-state index contributed by atoms with van der Waals surface area (Å²) in [4.78, 5) is 10.2. The Hall–Kier alpha value is -3.17. The molecule has 0 radical (unpaired) electrons. The van der Waals surface area contributed by atoms with E-state index >= 15 is 0 Å². The highest BCUT2D eigenvalue weighted by molar-refractivity contribution is 5.48. The molecule has 1 saturated carbocycles. The van der Waals surface area contributed by atoms with Crippen molar-refractivity contribution in [3.63, 3.8) is 0 Å². The van der Waals surface area contributed by atoms with Gasteiger partial charge in [0.1, 0.15) is 17.3 Å². The second-order valence-corrected chi connectivity index (χ2v) is 9.68. The number of hydrogen-bond acceptors (Lipinski definition) is 5. The molecular formula is C25H27F4N5O. The molecule has 0 amide bonds. The van der Waals surface area contributed by atoms with E-state index in [1.54, 1.807) is 22.9 Å². The third-order valence-electron chi connectivity index (χ3n) is 6.98. The van der Waals surface area contributed by atoms with Crippen LogP contribution in [-0.2, 0) is 12.6 Å². The first-order valence-corrected chi connectivity index (χ1v) is 11.8. The molecule has 2 aromatic heterocycles. The molecule has 2 aliphatic rings. The average Bonchev–Trinajstić information content (AvgIpc) is 3.29. The van der Waals surface area contributed by atoms with Crippen LogP contribution in [0.1, 0.15) is 44.2 Å². The number of ether oxygens (including phenoxy) is 1. The molecule has 0 spiro atoms. The van der Waals surface area contributed by atoms with Crippen LogP contribution in [-0.4, -0.2) is 32.8 Å². The third-order valence-corrected chi connectivity index (χ3v) is 6.98. The number of halogens is 4. The first-order chi connectivity index (χ1) is 16.7. The van der Waals surface area contributed by atoms with E-state index in [4.69, 9.17) is 4.74 Å². The van der Waals surface area contributed by atoms with Gasteiger partial charge in [-0.3, -0.25) is 4.98 Å². The van der Waals surface area contributed by atoms with Crippen molar-refractivity contribution in [1.82, 2.24) is 19.7 Å². The molecule has 0 N–H and O–H groups in total. The molecular weight excluding hydrogens is 462 g/mol. The Balaban J connectivity index is 1.31. The van der Waals surface area contributed by atoms with E-state index in [0.717, 1.165) is 18.9 Å². The van der Waals surface area contributed by atoms with Crippen LogP contribution in [0.15, 0.2) is 42.6 Å². The lowest BCUT2D eigenvalue weighted by molar-refractivity contribution is -0.141. The molecule has 186 valence electrons. The third kappa shape index (κ3) is 4.97. The maximum absolute atomic E-state index is 13.6. The van der Waals surface area contributed by atoms with Crippen LogP contribution < -0.4 is 9.64 Å². The highest BCUT2D eigenvalue weighted by Crippen LogP contribution is 2.45. The predicted octanol–water partition coefficient (Wildman–Crippen LogP) is 5.91. The first kappa shape index (κ1) is 23.6. The fourth-order valence-corrected chi connectivity index (χ4v) is 5.34. The van der Waals surface area contributed by atoms with Crippen LogP contribution in [0.5, 0.6) is 11.8 Å². The van der Waals surface area contributed by atoms with Crippen molar-refractivity contribution in [3.05, 3.63) is 59.9 Å². The zero-order valence-electron chi connectivity index (χ0n) is 19.5. The molecule has 2 bridgehead atoms. The molecule has 10 heteroatoms. The fourth-order valence-electron chi connectivity index (χ4n) is 5.34. The van der Waals surface area contributed by atoms with Crippen LogP contribution in [0.4, 0.5) is 23.2 Å². The lowest BCUT2D eigenvalue weighted by atomic mass is 9.82. The van der Waals surface area contributed by atoms with Crippen LogP contribution in [0.2, 0.25) is 0 Å². The summed E-state index contributed by atoms with van der Waals surface area (Å²) in [5.74, 6) is 1.67. The maximum atomic E-state index is 13.6. The monoisotopic (exact) mass is 489 g/mol. The van der Waals surface area contributed by atoms with Gasteiger partial charge in [-0.05, 0) is 68.7 Å². The number of hydrogen-bond donors (Lipinski definition) is 0. The van der Waals surface area contributed by atoms with Gasteiger partial charge < -0.3 is 9.64 Å². The zero-order valence-corrected chi connectivity index (χ0v) is 19.5. The van der Waals surface area contributed by atoms with E-state index in [1.807, 2.05) is 18.7 Å². The largest absolute Gasteiger partial charge is 0.433 e. The Bertz CT molecular complexity index is 1180. The number of alkyl halides is 3. The van der Waals surface area contributed by atoms with E-state index in [-0.39, 0.29) is 6.04 Å². The highest BCUT2D eigenvalue weighted by Gasteiger charge is 2.43. The van der Waals surface area contributed by atoms with Gasteiger partial charge in [0.15, 0.2) is 5.82 Å². The van der Waals surface area contributed by atoms with Crippen molar-refractivity contribution in [2.75, 3.05) is 18.0 Å². The van der Waals surface area contributed by atoms with Gasteiger partial charge in [0.25, 0.3) is 0 Å². The number of nitrogens with zero attached hydrogens (tertiary/aromatic N) is 5. The maximum Gasteiger partial charge on any atom is 0.433 e. The normalized spacial score (nSPS) is 22.1. The summed E-state index contributed by atoms with van der Waals surface area (Å²) in [7, 11) is 0. The minimum atomic E-state index is -4.46. The molecule has 6 nitrogen and oxygen atoms in total. The average molecular weight is 490 g/mol. The van der Waals surface area contributed by atoms with Crippen LogP contribution >= 0.6 is 0 Å². The van der Waals surface area contributed by atoms with Gasteiger partial charge in [0, 0.05) is 37.5 Å². The second-order valence-electron chi connectivity index (χ2n) is 9.68. The number of fused-ring (bicyclic) bond motifs is 2. The molecule has 3 heterocycles. The Morgan fingerprint density at radius 1 is 1.09 bits per heavy atom. The molecule has 35 heavy (non-hydrogen) atoms. The number of anilines is 1. The summed E-state index contributed by atoms with van der Waals surface area (Å²) in [5.41, 5.74) is -0.297. The van der Waals surface area contributed by atoms with Crippen molar-refractivity contribution in [2.45, 2.75) is 45.3 Å². The van der Waals surface area contributed by atoms with Crippen LogP contribution in [0.3, 0.4) is 0 Å². The van der Waals surface area contributed by atoms with E-state index in [1.165, 1.54) is 18.3 Å². The summed E-state index contributed by atoms with van der Waals surface area (Å²) in [5, 5.41) is 4.67. The summed E-state index contributed by atoms with van der Waals surface area (Å²) < 4.78 is 60.5. The zero-order chi connectivity index (χ0) is 24.7. The van der Waals surface area contributed by atoms with Crippen LogP contribution in [0, 0.1) is 23.6 Å².